The molecule has 3 fully saturated rings. The van der Waals surface area contributed by atoms with Crippen LogP contribution in [0.5, 0.6) is 0 Å². The van der Waals surface area contributed by atoms with E-state index in [9.17, 15) is 18.0 Å². The minimum atomic E-state index is -3.63. The Morgan fingerprint density at radius 2 is 1.69 bits per heavy atom. The van der Waals surface area contributed by atoms with Gasteiger partial charge in [-0.2, -0.15) is 9.40 Å². The number of fused-ring (bicyclic) bond motifs is 1. The first-order valence-corrected chi connectivity index (χ1v) is 18.6. The highest BCUT2D eigenvalue weighted by Gasteiger charge is 2.32. The van der Waals surface area contributed by atoms with E-state index in [4.69, 9.17) is 23.2 Å². The maximum atomic E-state index is 13.6. The molecule has 0 radical (unpaired) electrons. The maximum Gasteiger partial charge on any atom is 0.329 e. The number of sulfonamides is 1. The number of aryl methyl sites for hydroxylation is 1. The van der Waals surface area contributed by atoms with E-state index < -0.39 is 16.1 Å². The number of benzene rings is 2. The molecule has 3 aliphatic heterocycles. The zero-order valence-electron chi connectivity index (χ0n) is 27.0. The summed E-state index contributed by atoms with van der Waals surface area (Å²) in [5.41, 5.74) is 2.77. The summed E-state index contributed by atoms with van der Waals surface area (Å²) in [6, 6.07) is 10.9. The Labute approximate surface area is 294 Å². The van der Waals surface area contributed by atoms with Crippen LogP contribution in [0.1, 0.15) is 49.1 Å². The van der Waals surface area contributed by atoms with Crippen molar-refractivity contribution in [3.05, 3.63) is 70.0 Å². The Morgan fingerprint density at radius 3 is 2.41 bits per heavy atom. The highest BCUT2D eigenvalue weighted by molar-refractivity contribution is 7.89. The van der Waals surface area contributed by atoms with Gasteiger partial charge in [0.15, 0.2) is 5.82 Å². The van der Waals surface area contributed by atoms with E-state index in [1.807, 2.05) is 31.3 Å². The monoisotopic (exact) mass is 725 g/mol. The Hall–Kier alpha value is -3.82. The minimum absolute atomic E-state index is 0.0797. The number of carbonyl (C=O) groups is 2. The van der Waals surface area contributed by atoms with E-state index in [1.165, 1.54) is 17.3 Å². The van der Waals surface area contributed by atoms with Crippen LogP contribution in [0.3, 0.4) is 0 Å². The van der Waals surface area contributed by atoms with Crippen molar-refractivity contribution in [1.29, 1.82) is 0 Å². The number of nitrogens with zero attached hydrogens (tertiary/aromatic N) is 7. The summed E-state index contributed by atoms with van der Waals surface area (Å²) in [5, 5.41) is 12.1. The first kappa shape index (κ1) is 33.7. The van der Waals surface area contributed by atoms with Gasteiger partial charge in [-0.1, -0.05) is 41.4 Å². The molecule has 0 atom stereocenters. The summed E-state index contributed by atoms with van der Waals surface area (Å²) < 4.78 is 30.5. The lowest BCUT2D eigenvalue weighted by atomic mass is 9.88. The molecule has 0 aliphatic carbocycles. The topological polar surface area (TPSA) is 146 Å². The van der Waals surface area contributed by atoms with Crippen LogP contribution in [-0.4, -0.2) is 88.1 Å². The molecule has 13 nitrogen and oxygen atoms in total. The predicted octanol–water partition coefficient (Wildman–Crippen LogP) is 4.76. The number of likely N-dealkylation sites (tertiary alicyclic amines) is 1. The van der Waals surface area contributed by atoms with E-state index >= 15 is 0 Å². The van der Waals surface area contributed by atoms with Crippen LogP contribution in [0.2, 0.25) is 10.0 Å². The zero-order valence-corrected chi connectivity index (χ0v) is 29.3. The van der Waals surface area contributed by atoms with Crippen molar-refractivity contribution >= 4 is 67.8 Å². The molecule has 0 unspecified atom stereocenters. The van der Waals surface area contributed by atoms with Gasteiger partial charge in [0.2, 0.25) is 21.9 Å². The molecule has 258 valence electrons. The number of hydrogen-bond acceptors (Lipinski definition) is 9. The van der Waals surface area contributed by atoms with E-state index in [2.05, 4.69) is 30.6 Å². The van der Waals surface area contributed by atoms with Crippen LogP contribution in [0.4, 0.5) is 16.6 Å². The van der Waals surface area contributed by atoms with Crippen molar-refractivity contribution in [2.75, 3.05) is 42.9 Å². The van der Waals surface area contributed by atoms with Crippen molar-refractivity contribution in [3.63, 3.8) is 0 Å². The quantitative estimate of drug-likeness (QED) is 0.263. The minimum Gasteiger partial charge on any atom is -0.351 e. The molecule has 49 heavy (non-hydrogen) atoms. The Morgan fingerprint density at radius 1 is 0.959 bits per heavy atom. The Balaban J connectivity index is 0.964. The third-order valence-corrected chi connectivity index (χ3v) is 12.1. The fourth-order valence-corrected chi connectivity index (χ4v) is 9.11. The predicted molar refractivity (Wildman–Crippen MR) is 187 cm³/mol. The third kappa shape index (κ3) is 6.97. The zero-order chi connectivity index (χ0) is 34.3. The third-order valence-electron chi connectivity index (χ3n) is 9.64. The SMILES string of the molecule is Cn1nc(N2CCC(=O)NC2=O)c2ccc(C3CCN(Cc4cccc(S(=O)(=O)N5CCC(Nc6ncc(Cl)cn6)CC5)c4)CC3)c(Cl)c21. The first-order valence-electron chi connectivity index (χ1n) is 16.4. The number of hydrogen-bond donors (Lipinski definition) is 2. The second-order valence-electron chi connectivity index (χ2n) is 12.8. The van der Waals surface area contributed by atoms with E-state index in [0.717, 1.165) is 48.0 Å². The Kier molecular flexibility index (Phi) is 9.50. The van der Waals surface area contributed by atoms with Crippen LogP contribution in [-0.2, 0) is 28.4 Å². The number of aromatic nitrogens is 4. The smallest absolute Gasteiger partial charge is 0.329 e. The van der Waals surface area contributed by atoms with Crippen LogP contribution in [0.25, 0.3) is 10.9 Å². The Bertz CT molecular complexity index is 1990. The average Bonchev–Trinajstić information content (AvgIpc) is 3.43. The number of imide groups is 1. The second kappa shape index (κ2) is 13.8. The summed E-state index contributed by atoms with van der Waals surface area (Å²) in [4.78, 5) is 36.7. The lowest BCUT2D eigenvalue weighted by molar-refractivity contribution is -0.120. The van der Waals surface area contributed by atoms with Crippen molar-refractivity contribution in [2.45, 2.75) is 55.5 Å². The van der Waals surface area contributed by atoms with Gasteiger partial charge >= 0.3 is 6.03 Å². The molecule has 4 aromatic rings. The van der Waals surface area contributed by atoms with E-state index in [1.54, 1.807) is 21.1 Å². The molecule has 3 saturated heterocycles. The van der Waals surface area contributed by atoms with Crippen LogP contribution >= 0.6 is 23.2 Å². The van der Waals surface area contributed by atoms with Gasteiger partial charge in [-0.05, 0) is 74.0 Å². The molecule has 0 spiro atoms. The average molecular weight is 727 g/mol. The van der Waals surface area contributed by atoms with Gasteiger partial charge in [0, 0.05) is 51.1 Å². The van der Waals surface area contributed by atoms with Gasteiger partial charge in [-0.25, -0.2) is 23.2 Å². The lowest BCUT2D eigenvalue weighted by Gasteiger charge is -2.33. The number of carbonyl (C=O) groups excluding carboxylic acids is 2. The van der Waals surface area contributed by atoms with Crippen molar-refractivity contribution < 1.29 is 18.0 Å². The van der Waals surface area contributed by atoms with E-state index in [0.29, 0.717) is 59.2 Å². The molecule has 2 aromatic carbocycles. The summed E-state index contributed by atoms with van der Waals surface area (Å²) in [5.74, 6) is 0.926. The van der Waals surface area contributed by atoms with Crippen molar-refractivity contribution in [1.82, 2.24) is 34.3 Å². The molecule has 7 rings (SSSR count). The highest BCUT2D eigenvalue weighted by Crippen LogP contribution is 2.40. The number of nitrogens with one attached hydrogen (secondary N) is 2. The van der Waals surface area contributed by atoms with Gasteiger partial charge < -0.3 is 5.32 Å². The first-order chi connectivity index (χ1) is 23.6. The molecule has 5 heterocycles. The number of halogens is 2. The number of anilines is 2. The van der Waals surface area contributed by atoms with E-state index in [-0.39, 0.29) is 30.8 Å². The van der Waals surface area contributed by atoms with Gasteiger partial charge in [0.25, 0.3) is 0 Å². The maximum absolute atomic E-state index is 13.6. The van der Waals surface area contributed by atoms with Gasteiger partial charge in [0.05, 0.1) is 32.9 Å². The number of piperidine rings is 2. The molecule has 3 aliphatic rings. The standard InChI is InChI=1S/C33H37Cl2N9O4S/c1-41-30-27(31(40-41)44-16-11-28(45)39-33(44)46)6-5-26(29(30)35)22-7-12-42(13-8-22)20-21-3-2-4-25(17-21)49(47,48)43-14-9-24(10-15-43)38-32-36-18-23(34)19-37-32/h2-6,17-19,22,24H,7-16,20H2,1H3,(H,36,37,38)(H,39,45,46). The normalized spacial score (nSPS) is 19.0. The fraction of sp³-hybridized carbons (Fsp3) is 0.424. The van der Waals surface area contributed by atoms with Crippen LogP contribution in [0, 0.1) is 0 Å². The van der Waals surface area contributed by atoms with Crippen molar-refractivity contribution in [3.8, 4) is 0 Å². The number of urea groups is 1. The molecular formula is C33H37Cl2N9O4S. The summed E-state index contributed by atoms with van der Waals surface area (Å²) in [6.07, 6.45) is 6.38. The van der Waals surface area contributed by atoms with Crippen LogP contribution in [0.15, 0.2) is 53.7 Å². The van der Waals surface area contributed by atoms with Gasteiger partial charge in [0.1, 0.15) is 0 Å². The molecule has 2 aromatic heterocycles. The highest BCUT2D eigenvalue weighted by atomic mass is 35.5. The van der Waals surface area contributed by atoms with Crippen LogP contribution < -0.4 is 15.5 Å². The number of amides is 3. The molecule has 0 saturated carbocycles. The van der Waals surface area contributed by atoms with Crippen molar-refractivity contribution in [2.24, 2.45) is 7.05 Å². The lowest BCUT2D eigenvalue weighted by Crippen LogP contribution is -2.49. The van der Waals surface area contributed by atoms with Gasteiger partial charge in [-0.3, -0.25) is 24.6 Å². The fourth-order valence-electron chi connectivity index (χ4n) is 7.03. The molecule has 16 heteroatoms. The molecule has 0 bridgehead atoms. The summed E-state index contributed by atoms with van der Waals surface area (Å²) >= 11 is 12.9. The molecule has 3 amide bonds. The van der Waals surface area contributed by atoms with Gasteiger partial charge in [-0.15, -0.1) is 0 Å². The largest absolute Gasteiger partial charge is 0.351 e. The summed E-state index contributed by atoms with van der Waals surface area (Å²) in [6.45, 7) is 3.42. The summed E-state index contributed by atoms with van der Waals surface area (Å²) in [7, 11) is -1.82. The second-order valence-corrected chi connectivity index (χ2v) is 15.6. The molecular weight excluding hydrogens is 689 g/mol. The number of rotatable bonds is 8. The molecule has 2 N–H and O–H groups in total.